The average molecular weight is 222 g/mol. The fraction of sp³-hybridized carbons (Fsp3) is 0.333. The number of fused-ring (bicyclic) bond motifs is 1. The predicted octanol–water partition coefficient (Wildman–Crippen LogP) is 2.07. The van der Waals surface area contributed by atoms with Crippen molar-refractivity contribution >= 4 is 11.0 Å². The van der Waals surface area contributed by atoms with Crippen molar-refractivity contribution in [1.82, 2.24) is 0 Å². The number of benzene rings is 1. The molecule has 0 bridgehead atoms. The average Bonchev–Trinajstić information content (AvgIpc) is 2.78. The van der Waals surface area contributed by atoms with E-state index in [0.717, 1.165) is 5.56 Å². The van der Waals surface area contributed by atoms with Gasteiger partial charge in [0, 0.05) is 6.61 Å². The van der Waals surface area contributed by atoms with E-state index >= 15 is 0 Å². The summed E-state index contributed by atoms with van der Waals surface area (Å²) in [5.74, 6) is 0.809. The lowest BCUT2D eigenvalue weighted by molar-refractivity contribution is 0.288. The van der Waals surface area contributed by atoms with E-state index in [-0.39, 0.29) is 12.4 Å². The number of aryl methyl sites for hydroxylation is 1. The Hall–Kier alpha value is -1.68. The molecule has 4 heteroatoms. The molecule has 0 amide bonds. The predicted molar refractivity (Wildman–Crippen MR) is 59.8 cm³/mol. The summed E-state index contributed by atoms with van der Waals surface area (Å²) >= 11 is 0. The molecule has 0 aliphatic heterocycles. The highest BCUT2D eigenvalue weighted by Crippen LogP contribution is 2.37. The standard InChI is InChI=1S/C12H14O4/c1-15-10-7-8(3-2-5-13)11(14)9-4-6-16-12(9)10/h4,6-7,13-14H,2-3,5H2,1H3. The van der Waals surface area contributed by atoms with Crippen molar-refractivity contribution in [2.75, 3.05) is 13.7 Å². The van der Waals surface area contributed by atoms with Crippen LogP contribution in [-0.4, -0.2) is 23.9 Å². The molecular weight excluding hydrogens is 208 g/mol. The van der Waals surface area contributed by atoms with Crippen molar-refractivity contribution in [2.24, 2.45) is 0 Å². The Morgan fingerprint density at radius 3 is 2.94 bits per heavy atom. The highest BCUT2D eigenvalue weighted by Gasteiger charge is 2.13. The fourth-order valence-corrected chi connectivity index (χ4v) is 1.76. The molecule has 1 heterocycles. The first-order chi connectivity index (χ1) is 7.77. The topological polar surface area (TPSA) is 62.8 Å². The number of methoxy groups -OCH3 is 1. The molecule has 0 spiro atoms. The van der Waals surface area contributed by atoms with Gasteiger partial charge in [-0.25, -0.2) is 0 Å². The summed E-state index contributed by atoms with van der Waals surface area (Å²) in [6.45, 7) is 0.102. The fourth-order valence-electron chi connectivity index (χ4n) is 1.76. The Bertz CT molecular complexity index is 487. The van der Waals surface area contributed by atoms with Gasteiger partial charge >= 0.3 is 0 Å². The first-order valence-electron chi connectivity index (χ1n) is 5.14. The first-order valence-corrected chi connectivity index (χ1v) is 5.14. The van der Waals surface area contributed by atoms with Crippen molar-refractivity contribution in [3.05, 3.63) is 24.0 Å². The molecule has 4 nitrogen and oxygen atoms in total. The number of aliphatic hydroxyl groups is 1. The number of ether oxygens (including phenoxy) is 1. The lowest BCUT2D eigenvalue weighted by atomic mass is 10.1. The molecule has 1 aromatic heterocycles. The van der Waals surface area contributed by atoms with Crippen LogP contribution < -0.4 is 4.74 Å². The summed E-state index contributed by atoms with van der Waals surface area (Å²) in [5, 5.41) is 19.4. The van der Waals surface area contributed by atoms with Gasteiger partial charge < -0.3 is 19.4 Å². The van der Waals surface area contributed by atoms with Gasteiger partial charge in [-0.3, -0.25) is 0 Å². The largest absolute Gasteiger partial charge is 0.507 e. The molecule has 0 aliphatic rings. The van der Waals surface area contributed by atoms with E-state index in [9.17, 15) is 5.11 Å². The Morgan fingerprint density at radius 2 is 2.25 bits per heavy atom. The number of aliphatic hydroxyl groups excluding tert-OH is 1. The molecule has 0 aliphatic carbocycles. The molecule has 16 heavy (non-hydrogen) atoms. The highest BCUT2D eigenvalue weighted by atomic mass is 16.5. The van der Waals surface area contributed by atoms with Crippen LogP contribution in [0.2, 0.25) is 0 Å². The maximum absolute atomic E-state index is 9.99. The Labute approximate surface area is 93.1 Å². The molecule has 2 aromatic rings. The van der Waals surface area contributed by atoms with Gasteiger partial charge in [0.2, 0.25) is 0 Å². The normalized spacial score (nSPS) is 10.9. The Morgan fingerprint density at radius 1 is 1.44 bits per heavy atom. The molecule has 0 saturated carbocycles. The SMILES string of the molecule is COc1cc(CCCO)c(O)c2ccoc12. The molecule has 86 valence electrons. The van der Waals surface area contributed by atoms with Crippen molar-refractivity contribution in [1.29, 1.82) is 0 Å². The van der Waals surface area contributed by atoms with Crippen LogP contribution in [0.1, 0.15) is 12.0 Å². The summed E-state index contributed by atoms with van der Waals surface area (Å²) in [6, 6.07) is 3.45. The van der Waals surface area contributed by atoms with Crippen LogP contribution in [0, 0.1) is 0 Å². The zero-order chi connectivity index (χ0) is 11.5. The molecular formula is C12H14O4. The summed E-state index contributed by atoms with van der Waals surface area (Å²) in [7, 11) is 1.56. The number of phenolic OH excluding ortho intramolecular Hbond substituents is 1. The first kappa shape index (κ1) is 10.8. The number of phenols is 1. The van der Waals surface area contributed by atoms with Gasteiger partial charge in [0.25, 0.3) is 0 Å². The van der Waals surface area contributed by atoms with Gasteiger partial charge in [-0.15, -0.1) is 0 Å². The number of aromatic hydroxyl groups is 1. The van der Waals surface area contributed by atoms with Gasteiger partial charge in [0.1, 0.15) is 5.75 Å². The molecule has 2 N–H and O–H groups in total. The third-order valence-electron chi connectivity index (χ3n) is 2.58. The molecule has 0 atom stereocenters. The highest BCUT2D eigenvalue weighted by molar-refractivity contribution is 5.90. The molecule has 1 aromatic carbocycles. The van der Waals surface area contributed by atoms with E-state index in [0.29, 0.717) is 29.6 Å². The Balaban J connectivity index is 2.52. The molecule has 0 fully saturated rings. The van der Waals surface area contributed by atoms with Gasteiger partial charge in [-0.1, -0.05) is 0 Å². The zero-order valence-corrected chi connectivity index (χ0v) is 9.06. The monoisotopic (exact) mass is 222 g/mol. The van der Waals surface area contributed by atoms with Gasteiger partial charge in [-0.05, 0) is 30.5 Å². The molecule has 0 saturated heterocycles. The smallest absolute Gasteiger partial charge is 0.179 e. The second kappa shape index (κ2) is 4.45. The number of hydrogen-bond donors (Lipinski definition) is 2. The molecule has 0 unspecified atom stereocenters. The van der Waals surface area contributed by atoms with Crippen LogP contribution in [0.15, 0.2) is 22.8 Å². The number of furan rings is 1. The van der Waals surface area contributed by atoms with Crippen LogP contribution in [0.5, 0.6) is 11.5 Å². The van der Waals surface area contributed by atoms with E-state index in [1.807, 2.05) is 0 Å². The van der Waals surface area contributed by atoms with Gasteiger partial charge in [-0.2, -0.15) is 0 Å². The Kier molecular flexibility index (Phi) is 3.01. The van der Waals surface area contributed by atoms with Crippen molar-refractivity contribution < 1.29 is 19.4 Å². The summed E-state index contributed by atoms with van der Waals surface area (Å²) in [5.41, 5.74) is 1.31. The second-order valence-corrected chi connectivity index (χ2v) is 3.58. The number of hydrogen-bond acceptors (Lipinski definition) is 4. The zero-order valence-electron chi connectivity index (χ0n) is 9.06. The van der Waals surface area contributed by atoms with Gasteiger partial charge in [0.05, 0.1) is 18.8 Å². The van der Waals surface area contributed by atoms with E-state index in [4.69, 9.17) is 14.3 Å². The van der Waals surface area contributed by atoms with E-state index < -0.39 is 0 Å². The van der Waals surface area contributed by atoms with Crippen LogP contribution in [0.25, 0.3) is 11.0 Å². The van der Waals surface area contributed by atoms with Crippen molar-refractivity contribution in [3.63, 3.8) is 0 Å². The maximum Gasteiger partial charge on any atom is 0.179 e. The minimum absolute atomic E-state index is 0.102. The molecule has 0 radical (unpaired) electrons. The second-order valence-electron chi connectivity index (χ2n) is 3.58. The third kappa shape index (κ3) is 1.72. The minimum atomic E-state index is 0.102. The summed E-state index contributed by atoms with van der Waals surface area (Å²) in [4.78, 5) is 0. The summed E-state index contributed by atoms with van der Waals surface area (Å²) < 4.78 is 10.4. The molecule has 2 rings (SSSR count). The van der Waals surface area contributed by atoms with Gasteiger partial charge in [0.15, 0.2) is 11.3 Å². The van der Waals surface area contributed by atoms with E-state index in [2.05, 4.69) is 0 Å². The van der Waals surface area contributed by atoms with E-state index in [1.165, 1.54) is 6.26 Å². The quantitative estimate of drug-likeness (QED) is 0.831. The lowest BCUT2D eigenvalue weighted by Gasteiger charge is -2.08. The van der Waals surface area contributed by atoms with E-state index in [1.54, 1.807) is 19.2 Å². The lowest BCUT2D eigenvalue weighted by Crippen LogP contribution is -1.92. The minimum Gasteiger partial charge on any atom is -0.507 e. The van der Waals surface area contributed by atoms with Crippen LogP contribution in [-0.2, 0) is 6.42 Å². The third-order valence-corrected chi connectivity index (χ3v) is 2.58. The van der Waals surface area contributed by atoms with Crippen molar-refractivity contribution in [3.8, 4) is 11.5 Å². The van der Waals surface area contributed by atoms with Crippen LogP contribution >= 0.6 is 0 Å². The summed E-state index contributed by atoms with van der Waals surface area (Å²) in [6.07, 6.45) is 2.74. The van der Waals surface area contributed by atoms with Crippen LogP contribution in [0.4, 0.5) is 0 Å². The van der Waals surface area contributed by atoms with Crippen molar-refractivity contribution in [2.45, 2.75) is 12.8 Å². The van der Waals surface area contributed by atoms with Crippen LogP contribution in [0.3, 0.4) is 0 Å². The maximum atomic E-state index is 9.99. The number of rotatable bonds is 4.